The van der Waals surface area contributed by atoms with E-state index in [2.05, 4.69) is 17.2 Å². The molecule has 12 heavy (non-hydrogen) atoms. The maximum Gasteiger partial charge on any atom is 0.182 e. The summed E-state index contributed by atoms with van der Waals surface area (Å²) in [6.07, 6.45) is 1.79. The van der Waals surface area contributed by atoms with Crippen LogP contribution in [-0.2, 0) is 4.74 Å². The highest BCUT2D eigenvalue weighted by Crippen LogP contribution is 2.11. The number of anilines is 1. The van der Waals surface area contributed by atoms with Gasteiger partial charge in [-0.3, -0.25) is 0 Å². The number of thiazole rings is 1. The molecule has 0 spiro atoms. The Morgan fingerprint density at radius 1 is 1.75 bits per heavy atom. The van der Waals surface area contributed by atoms with Crippen LogP contribution in [0.4, 0.5) is 5.13 Å². The molecule has 4 heteroatoms. The van der Waals surface area contributed by atoms with E-state index in [-0.39, 0.29) is 0 Å². The molecule has 0 saturated heterocycles. The summed E-state index contributed by atoms with van der Waals surface area (Å²) in [6, 6.07) is 0.330. The van der Waals surface area contributed by atoms with Crippen molar-refractivity contribution in [2.75, 3.05) is 18.5 Å². The van der Waals surface area contributed by atoms with E-state index in [1.165, 1.54) is 0 Å². The van der Waals surface area contributed by atoms with Crippen molar-refractivity contribution >= 4 is 16.5 Å². The third-order valence-corrected chi connectivity index (χ3v) is 2.08. The molecule has 0 saturated carbocycles. The molecule has 0 aromatic carbocycles. The van der Waals surface area contributed by atoms with E-state index < -0.39 is 0 Å². The first-order valence-electron chi connectivity index (χ1n) is 4.06. The van der Waals surface area contributed by atoms with E-state index in [0.717, 1.165) is 18.3 Å². The Kier molecular flexibility index (Phi) is 4.04. The highest BCUT2D eigenvalue weighted by atomic mass is 32.1. The van der Waals surface area contributed by atoms with E-state index in [4.69, 9.17) is 4.74 Å². The minimum Gasteiger partial charge on any atom is -0.380 e. The molecule has 0 aliphatic rings. The zero-order valence-corrected chi connectivity index (χ0v) is 8.23. The van der Waals surface area contributed by atoms with Gasteiger partial charge in [-0.1, -0.05) is 0 Å². The fraction of sp³-hybridized carbons (Fsp3) is 0.625. The second kappa shape index (κ2) is 5.11. The minimum atomic E-state index is 0.330. The summed E-state index contributed by atoms with van der Waals surface area (Å²) < 4.78 is 5.26. The normalized spacial score (nSPS) is 12.8. The van der Waals surface area contributed by atoms with Crippen LogP contribution in [0.15, 0.2) is 11.6 Å². The van der Waals surface area contributed by atoms with Crippen molar-refractivity contribution in [2.45, 2.75) is 19.9 Å². The zero-order chi connectivity index (χ0) is 8.81. The summed E-state index contributed by atoms with van der Waals surface area (Å²) in [7, 11) is 0. The van der Waals surface area contributed by atoms with Crippen LogP contribution in [0.25, 0.3) is 0 Å². The Morgan fingerprint density at radius 3 is 3.17 bits per heavy atom. The van der Waals surface area contributed by atoms with Crippen molar-refractivity contribution in [3.8, 4) is 0 Å². The number of aromatic nitrogens is 1. The molecule has 1 N–H and O–H groups in total. The number of ether oxygens (including phenoxy) is 1. The Labute approximate surface area is 76.8 Å². The quantitative estimate of drug-likeness (QED) is 0.763. The predicted molar refractivity (Wildman–Crippen MR) is 51.7 cm³/mol. The van der Waals surface area contributed by atoms with Gasteiger partial charge >= 0.3 is 0 Å². The minimum absolute atomic E-state index is 0.330. The van der Waals surface area contributed by atoms with E-state index in [0.29, 0.717) is 6.04 Å². The van der Waals surface area contributed by atoms with E-state index >= 15 is 0 Å². The molecule has 1 heterocycles. The predicted octanol–water partition coefficient (Wildman–Crippen LogP) is 1.98. The molecule has 0 aliphatic heterocycles. The van der Waals surface area contributed by atoms with Crippen LogP contribution in [0.5, 0.6) is 0 Å². The van der Waals surface area contributed by atoms with Gasteiger partial charge in [0, 0.05) is 24.2 Å². The number of nitrogens with zero attached hydrogens (tertiary/aromatic N) is 1. The number of rotatable bonds is 5. The first-order valence-corrected chi connectivity index (χ1v) is 4.94. The van der Waals surface area contributed by atoms with Gasteiger partial charge in [0.25, 0.3) is 0 Å². The molecular formula is C8H14N2OS. The maximum absolute atomic E-state index is 5.26. The van der Waals surface area contributed by atoms with Crippen molar-refractivity contribution in [3.63, 3.8) is 0 Å². The van der Waals surface area contributed by atoms with Crippen molar-refractivity contribution in [3.05, 3.63) is 11.6 Å². The fourth-order valence-electron chi connectivity index (χ4n) is 0.842. The van der Waals surface area contributed by atoms with Crippen molar-refractivity contribution < 1.29 is 4.74 Å². The number of nitrogens with one attached hydrogen (secondary N) is 1. The molecule has 1 unspecified atom stereocenters. The summed E-state index contributed by atoms with van der Waals surface area (Å²) in [5, 5.41) is 6.15. The molecule has 68 valence electrons. The zero-order valence-electron chi connectivity index (χ0n) is 7.41. The second-order valence-electron chi connectivity index (χ2n) is 2.54. The smallest absolute Gasteiger partial charge is 0.182 e. The van der Waals surface area contributed by atoms with Gasteiger partial charge in [0.05, 0.1) is 6.61 Å². The molecule has 3 nitrogen and oxygen atoms in total. The van der Waals surface area contributed by atoms with Crippen LogP contribution in [-0.4, -0.2) is 24.2 Å². The summed E-state index contributed by atoms with van der Waals surface area (Å²) in [6.45, 7) is 5.58. The lowest BCUT2D eigenvalue weighted by Gasteiger charge is -2.11. The van der Waals surface area contributed by atoms with E-state index in [1.54, 1.807) is 17.5 Å². The van der Waals surface area contributed by atoms with Gasteiger partial charge in [-0.05, 0) is 13.8 Å². The van der Waals surface area contributed by atoms with Crippen molar-refractivity contribution in [1.82, 2.24) is 4.98 Å². The molecule has 0 aliphatic carbocycles. The first kappa shape index (κ1) is 9.48. The number of hydrogen-bond acceptors (Lipinski definition) is 4. The highest BCUT2D eigenvalue weighted by molar-refractivity contribution is 7.13. The summed E-state index contributed by atoms with van der Waals surface area (Å²) in [5.41, 5.74) is 0. The van der Waals surface area contributed by atoms with Gasteiger partial charge in [0.15, 0.2) is 5.13 Å². The topological polar surface area (TPSA) is 34.1 Å². The monoisotopic (exact) mass is 186 g/mol. The molecule has 0 amide bonds. The third-order valence-electron chi connectivity index (χ3n) is 1.37. The molecule has 1 aromatic rings. The summed E-state index contributed by atoms with van der Waals surface area (Å²) >= 11 is 1.61. The van der Waals surface area contributed by atoms with Crippen molar-refractivity contribution in [1.29, 1.82) is 0 Å². The fourth-order valence-corrected chi connectivity index (χ4v) is 1.48. The molecule has 1 atom stereocenters. The summed E-state index contributed by atoms with van der Waals surface area (Å²) in [4.78, 5) is 4.12. The van der Waals surface area contributed by atoms with Crippen LogP contribution >= 0.6 is 11.3 Å². The lowest BCUT2D eigenvalue weighted by Crippen LogP contribution is -2.21. The van der Waals surface area contributed by atoms with Gasteiger partial charge in [0.2, 0.25) is 0 Å². The van der Waals surface area contributed by atoms with Crippen LogP contribution in [0.2, 0.25) is 0 Å². The molecule has 0 fully saturated rings. The average Bonchev–Trinajstić information content (AvgIpc) is 2.53. The summed E-state index contributed by atoms with van der Waals surface area (Å²) in [5.74, 6) is 0. The standard InChI is InChI=1S/C8H14N2OS/c1-3-11-6-7(2)10-8-9-4-5-12-8/h4-5,7H,3,6H2,1-2H3,(H,9,10). The molecule has 0 radical (unpaired) electrons. The van der Waals surface area contributed by atoms with Gasteiger partial charge in [-0.15, -0.1) is 11.3 Å². The lowest BCUT2D eigenvalue weighted by molar-refractivity contribution is 0.141. The molecular weight excluding hydrogens is 172 g/mol. The van der Waals surface area contributed by atoms with Crippen LogP contribution in [0, 0.1) is 0 Å². The Balaban J connectivity index is 2.22. The maximum atomic E-state index is 5.26. The SMILES string of the molecule is CCOCC(C)Nc1nccs1. The van der Waals surface area contributed by atoms with Gasteiger partial charge in [0.1, 0.15) is 0 Å². The van der Waals surface area contributed by atoms with Crippen LogP contribution in [0.1, 0.15) is 13.8 Å². The molecule has 1 aromatic heterocycles. The van der Waals surface area contributed by atoms with Crippen LogP contribution < -0.4 is 5.32 Å². The van der Waals surface area contributed by atoms with E-state index in [9.17, 15) is 0 Å². The van der Waals surface area contributed by atoms with Gasteiger partial charge < -0.3 is 10.1 Å². The average molecular weight is 186 g/mol. The van der Waals surface area contributed by atoms with Crippen LogP contribution in [0.3, 0.4) is 0 Å². The second-order valence-corrected chi connectivity index (χ2v) is 3.44. The molecule has 0 bridgehead atoms. The first-order chi connectivity index (χ1) is 5.83. The van der Waals surface area contributed by atoms with Crippen molar-refractivity contribution in [2.24, 2.45) is 0 Å². The molecule has 1 rings (SSSR count). The van der Waals surface area contributed by atoms with E-state index in [1.807, 2.05) is 12.3 Å². The Bertz CT molecular complexity index is 201. The lowest BCUT2D eigenvalue weighted by atomic mass is 10.4. The van der Waals surface area contributed by atoms with Gasteiger partial charge in [-0.2, -0.15) is 0 Å². The Morgan fingerprint density at radius 2 is 2.58 bits per heavy atom. The number of hydrogen-bond donors (Lipinski definition) is 1. The highest BCUT2D eigenvalue weighted by Gasteiger charge is 2.02. The largest absolute Gasteiger partial charge is 0.380 e. The third kappa shape index (κ3) is 3.19. The Hall–Kier alpha value is -0.610. The van der Waals surface area contributed by atoms with Gasteiger partial charge in [-0.25, -0.2) is 4.98 Å².